The summed E-state index contributed by atoms with van der Waals surface area (Å²) >= 11 is 0. The highest BCUT2D eigenvalue weighted by Gasteiger charge is 2.14. The highest BCUT2D eigenvalue weighted by molar-refractivity contribution is 5.80. The number of carbonyl (C=O) groups is 1. The minimum absolute atomic E-state index is 0.0880. The van der Waals surface area contributed by atoms with Gasteiger partial charge in [0.1, 0.15) is 11.5 Å². The Morgan fingerprint density at radius 1 is 1.12 bits per heavy atom. The van der Waals surface area contributed by atoms with E-state index in [0.717, 1.165) is 29.9 Å². The maximum atomic E-state index is 12.1. The van der Waals surface area contributed by atoms with Crippen LogP contribution in [-0.4, -0.2) is 25.2 Å². The molecule has 0 aliphatic rings. The average molecular weight is 341 g/mol. The minimum Gasteiger partial charge on any atom is -0.494 e. The van der Waals surface area contributed by atoms with E-state index in [1.54, 1.807) is 6.92 Å². The number of carbonyl (C=O) groups excluding carboxylic acids is 1. The number of benzene rings is 2. The lowest BCUT2D eigenvalue weighted by atomic mass is 10.1. The average Bonchev–Trinajstić information content (AvgIpc) is 2.62. The van der Waals surface area contributed by atoms with E-state index in [1.807, 2.05) is 50.2 Å². The van der Waals surface area contributed by atoms with Crippen molar-refractivity contribution in [3.63, 3.8) is 0 Å². The van der Waals surface area contributed by atoms with Crippen molar-refractivity contribution in [2.75, 3.05) is 13.2 Å². The van der Waals surface area contributed by atoms with Gasteiger partial charge in [-0.3, -0.25) is 4.79 Å². The molecule has 2 rings (SSSR count). The van der Waals surface area contributed by atoms with E-state index >= 15 is 0 Å². The SMILES string of the molecule is CCOc1ccc(CCCNC(=O)C(C)Oc2ccccc2C)cc1. The van der Waals surface area contributed by atoms with E-state index in [4.69, 9.17) is 9.47 Å². The molecule has 1 N–H and O–H groups in total. The van der Waals surface area contributed by atoms with Gasteiger partial charge in [0.15, 0.2) is 6.10 Å². The first-order chi connectivity index (χ1) is 12.1. The summed E-state index contributed by atoms with van der Waals surface area (Å²) in [6.07, 6.45) is 1.29. The molecule has 25 heavy (non-hydrogen) atoms. The Morgan fingerprint density at radius 3 is 2.52 bits per heavy atom. The van der Waals surface area contributed by atoms with Gasteiger partial charge in [-0.25, -0.2) is 0 Å². The molecule has 0 radical (unpaired) electrons. The molecule has 2 aromatic carbocycles. The molecular weight excluding hydrogens is 314 g/mol. The predicted molar refractivity (Wildman–Crippen MR) is 100 cm³/mol. The first-order valence-electron chi connectivity index (χ1n) is 8.82. The minimum atomic E-state index is -0.508. The molecule has 0 fully saturated rings. The van der Waals surface area contributed by atoms with Crippen molar-refractivity contribution in [1.82, 2.24) is 5.32 Å². The summed E-state index contributed by atoms with van der Waals surface area (Å²) in [6, 6.07) is 15.8. The van der Waals surface area contributed by atoms with Crippen LogP contribution in [0.2, 0.25) is 0 Å². The normalized spacial score (nSPS) is 11.6. The number of nitrogens with one attached hydrogen (secondary N) is 1. The van der Waals surface area contributed by atoms with Crippen molar-refractivity contribution in [1.29, 1.82) is 0 Å². The van der Waals surface area contributed by atoms with Crippen LogP contribution in [0.1, 0.15) is 31.4 Å². The van der Waals surface area contributed by atoms with Crippen molar-refractivity contribution >= 4 is 5.91 Å². The van der Waals surface area contributed by atoms with Crippen LogP contribution in [0.25, 0.3) is 0 Å². The van der Waals surface area contributed by atoms with Crippen LogP contribution in [-0.2, 0) is 11.2 Å². The van der Waals surface area contributed by atoms with Crippen molar-refractivity contribution in [2.24, 2.45) is 0 Å². The number of ether oxygens (including phenoxy) is 2. The van der Waals surface area contributed by atoms with Crippen molar-refractivity contribution < 1.29 is 14.3 Å². The monoisotopic (exact) mass is 341 g/mol. The molecule has 0 aliphatic heterocycles. The molecule has 0 spiro atoms. The predicted octanol–water partition coefficient (Wildman–Crippen LogP) is 3.91. The molecule has 0 saturated heterocycles. The lowest BCUT2D eigenvalue weighted by Crippen LogP contribution is -2.37. The summed E-state index contributed by atoms with van der Waals surface area (Å²) in [5, 5.41) is 2.94. The van der Waals surface area contributed by atoms with Crippen LogP contribution in [0.15, 0.2) is 48.5 Å². The molecule has 1 unspecified atom stereocenters. The smallest absolute Gasteiger partial charge is 0.260 e. The zero-order valence-electron chi connectivity index (χ0n) is 15.2. The van der Waals surface area contributed by atoms with Crippen molar-refractivity contribution in [3.8, 4) is 11.5 Å². The molecule has 0 bridgehead atoms. The Bertz CT molecular complexity index is 667. The molecule has 4 heteroatoms. The largest absolute Gasteiger partial charge is 0.494 e. The van der Waals surface area contributed by atoms with Gasteiger partial charge in [-0.2, -0.15) is 0 Å². The summed E-state index contributed by atoms with van der Waals surface area (Å²) < 4.78 is 11.2. The number of hydrogen-bond donors (Lipinski definition) is 1. The first kappa shape index (κ1) is 18.8. The van der Waals surface area contributed by atoms with Crippen LogP contribution >= 0.6 is 0 Å². The van der Waals surface area contributed by atoms with Crippen molar-refractivity contribution in [2.45, 2.75) is 39.7 Å². The molecule has 1 atom stereocenters. The van der Waals surface area contributed by atoms with Gasteiger partial charge in [0.2, 0.25) is 0 Å². The number of para-hydroxylation sites is 1. The molecule has 2 aromatic rings. The maximum absolute atomic E-state index is 12.1. The van der Waals surface area contributed by atoms with Gasteiger partial charge >= 0.3 is 0 Å². The Hall–Kier alpha value is -2.49. The van der Waals surface area contributed by atoms with Gasteiger partial charge in [0.25, 0.3) is 5.91 Å². The fourth-order valence-electron chi connectivity index (χ4n) is 2.50. The molecule has 0 aliphatic carbocycles. The highest BCUT2D eigenvalue weighted by atomic mass is 16.5. The van der Waals surface area contributed by atoms with Gasteiger partial charge < -0.3 is 14.8 Å². The molecule has 0 aromatic heterocycles. The third-order valence-corrected chi connectivity index (χ3v) is 3.94. The van der Waals surface area contributed by atoms with E-state index in [2.05, 4.69) is 17.4 Å². The third kappa shape index (κ3) is 6.14. The lowest BCUT2D eigenvalue weighted by molar-refractivity contribution is -0.127. The van der Waals surface area contributed by atoms with Crippen molar-refractivity contribution in [3.05, 3.63) is 59.7 Å². The Balaban J connectivity index is 1.70. The second-order valence-corrected chi connectivity index (χ2v) is 6.00. The summed E-state index contributed by atoms with van der Waals surface area (Å²) in [7, 11) is 0. The zero-order valence-corrected chi connectivity index (χ0v) is 15.2. The van der Waals surface area contributed by atoms with E-state index in [-0.39, 0.29) is 5.91 Å². The van der Waals surface area contributed by atoms with E-state index in [0.29, 0.717) is 13.2 Å². The topological polar surface area (TPSA) is 47.6 Å². The second-order valence-electron chi connectivity index (χ2n) is 6.00. The number of hydrogen-bond acceptors (Lipinski definition) is 3. The van der Waals surface area contributed by atoms with Crippen LogP contribution < -0.4 is 14.8 Å². The molecule has 1 amide bonds. The molecule has 134 valence electrons. The van der Waals surface area contributed by atoms with E-state index in [9.17, 15) is 4.79 Å². The molecule has 0 saturated carbocycles. The Labute approximate surface area is 150 Å². The first-order valence-corrected chi connectivity index (χ1v) is 8.82. The standard InChI is InChI=1S/C21H27NO3/c1-4-24-19-13-11-18(12-14-19)9-7-15-22-21(23)17(3)25-20-10-6-5-8-16(20)2/h5-6,8,10-14,17H,4,7,9,15H2,1-3H3,(H,22,23). The summed E-state index contributed by atoms with van der Waals surface area (Å²) in [5.41, 5.74) is 2.26. The quantitative estimate of drug-likeness (QED) is 0.704. The van der Waals surface area contributed by atoms with Gasteiger partial charge in [-0.05, 0) is 62.9 Å². The third-order valence-electron chi connectivity index (χ3n) is 3.94. The van der Waals surface area contributed by atoms with Gasteiger partial charge in [-0.15, -0.1) is 0 Å². The van der Waals surface area contributed by atoms with Crippen LogP contribution in [0.5, 0.6) is 11.5 Å². The van der Waals surface area contributed by atoms with E-state index < -0.39 is 6.10 Å². The van der Waals surface area contributed by atoms with Crippen LogP contribution in [0, 0.1) is 6.92 Å². The molecule has 0 heterocycles. The summed E-state index contributed by atoms with van der Waals surface area (Å²) in [6.45, 7) is 7.02. The number of rotatable bonds is 9. The van der Waals surface area contributed by atoms with Crippen LogP contribution in [0.3, 0.4) is 0 Å². The highest BCUT2D eigenvalue weighted by Crippen LogP contribution is 2.17. The Morgan fingerprint density at radius 2 is 1.84 bits per heavy atom. The lowest BCUT2D eigenvalue weighted by Gasteiger charge is -2.16. The fourth-order valence-corrected chi connectivity index (χ4v) is 2.50. The number of amides is 1. The van der Waals surface area contributed by atoms with Gasteiger partial charge in [0, 0.05) is 6.54 Å². The fraction of sp³-hybridized carbons (Fsp3) is 0.381. The summed E-state index contributed by atoms with van der Waals surface area (Å²) in [5.74, 6) is 1.55. The van der Waals surface area contributed by atoms with Gasteiger partial charge in [-0.1, -0.05) is 30.3 Å². The molecule has 4 nitrogen and oxygen atoms in total. The summed E-state index contributed by atoms with van der Waals surface area (Å²) in [4.78, 5) is 12.1. The zero-order chi connectivity index (χ0) is 18.1. The second kappa shape index (κ2) is 9.72. The molecular formula is C21H27NO3. The van der Waals surface area contributed by atoms with Gasteiger partial charge in [0.05, 0.1) is 6.61 Å². The Kier molecular flexibility index (Phi) is 7.33. The van der Waals surface area contributed by atoms with Crippen LogP contribution in [0.4, 0.5) is 0 Å². The van der Waals surface area contributed by atoms with E-state index in [1.165, 1.54) is 5.56 Å². The maximum Gasteiger partial charge on any atom is 0.260 e. The number of aryl methyl sites for hydroxylation is 2.